The molecule has 2 aromatic rings. The van der Waals surface area contributed by atoms with Gasteiger partial charge in [0, 0.05) is 23.5 Å². The van der Waals surface area contributed by atoms with E-state index in [4.69, 9.17) is 9.57 Å². The number of carboxylic acid groups (broad SMARTS) is 1. The van der Waals surface area contributed by atoms with Crippen LogP contribution in [0.15, 0.2) is 78.0 Å². The summed E-state index contributed by atoms with van der Waals surface area (Å²) in [6.07, 6.45) is 9.87. The Hall–Kier alpha value is -4.67. The molecule has 11 heteroatoms. The van der Waals surface area contributed by atoms with Gasteiger partial charge < -0.3 is 30.2 Å². The van der Waals surface area contributed by atoms with Crippen LogP contribution >= 0.6 is 0 Å². The number of fused-ring (bicyclic) bond motifs is 2. The molecule has 0 unspecified atom stereocenters. The molecule has 0 radical (unpaired) electrons. The summed E-state index contributed by atoms with van der Waals surface area (Å²) < 4.78 is 5.63. The lowest BCUT2D eigenvalue weighted by Gasteiger charge is -2.29. The molecule has 2 aliphatic heterocycles. The molecule has 6 rings (SSSR count). The predicted octanol–water partition coefficient (Wildman–Crippen LogP) is 4.94. The lowest BCUT2D eigenvalue weighted by Crippen LogP contribution is -2.56. The van der Waals surface area contributed by atoms with E-state index < -0.39 is 47.6 Å². The number of nitrogens with zero attached hydrogens (tertiary/aromatic N) is 2. The maximum atomic E-state index is 14.3. The van der Waals surface area contributed by atoms with Gasteiger partial charge in [-0.05, 0) is 51.4 Å². The van der Waals surface area contributed by atoms with E-state index in [1.165, 1.54) is 4.90 Å². The zero-order chi connectivity index (χ0) is 33.5. The number of rotatable bonds is 7. The van der Waals surface area contributed by atoms with Crippen LogP contribution in [-0.4, -0.2) is 76.0 Å². The third-order valence-corrected chi connectivity index (χ3v) is 9.88. The number of carbonyl (C=O) groups excluding carboxylic acids is 3. The van der Waals surface area contributed by atoms with Gasteiger partial charge in [-0.1, -0.05) is 90.8 Å². The van der Waals surface area contributed by atoms with Crippen LogP contribution in [0.4, 0.5) is 4.79 Å². The summed E-state index contributed by atoms with van der Waals surface area (Å²) in [6, 6.07) is 17.2. The fraction of sp³-hybridized carbons (Fsp3) is 0.486. The van der Waals surface area contributed by atoms with E-state index in [1.807, 2.05) is 72.8 Å². The van der Waals surface area contributed by atoms with Crippen molar-refractivity contribution >= 4 is 29.6 Å². The standard InChI is InChI=1S/C37H44N4O7/c42-33-31-22-29(48-40-32(25-14-6-4-7-15-25)26-16-8-5-9-17-26)24-41(31)34(43)30(38-36(46)47-28-19-12-13-20-28)21-11-3-1-2-10-18-27-23-37(27,39-33)35(44)45/h4-10,14-18,27-31H,1-3,11-13,19-24H2,(H,38,46)(H,39,42)(H,44,45)/b18-10-/t27-,29-,30+,31+,37+/m1/s1. The van der Waals surface area contributed by atoms with Crippen molar-refractivity contribution in [2.45, 2.75) is 100 Å². The van der Waals surface area contributed by atoms with Gasteiger partial charge in [0.1, 0.15) is 35.5 Å². The molecule has 48 heavy (non-hydrogen) atoms. The molecule has 11 nitrogen and oxygen atoms in total. The Morgan fingerprint density at radius 1 is 0.896 bits per heavy atom. The average Bonchev–Trinajstić information content (AvgIpc) is 3.37. The highest BCUT2D eigenvalue weighted by Gasteiger charge is 2.61. The Labute approximate surface area is 280 Å². The van der Waals surface area contributed by atoms with Crippen LogP contribution in [0.1, 0.15) is 81.8 Å². The molecule has 4 aliphatic rings. The van der Waals surface area contributed by atoms with Crippen molar-refractivity contribution in [1.82, 2.24) is 15.5 Å². The molecule has 254 valence electrons. The van der Waals surface area contributed by atoms with Crippen LogP contribution in [0.5, 0.6) is 0 Å². The summed E-state index contributed by atoms with van der Waals surface area (Å²) in [5, 5.41) is 20.3. The van der Waals surface area contributed by atoms with Crippen molar-refractivity contribution in [3.8, 4) is 0 Å². The number of carboxylic acids is 1. The van der Waals surface area contributed by atoms with Crippen molar-refractivity contribution in [2.75, 3.05) is 6.54 Å². The largest absolute Gasteiger partial charge is 0.479 e. The molecule has 2 saturated carbocycles. The molecule has 3 N–H and O–H groups in total. The van der Waals surface area contributed by atoms with Crippen LogP contribution in [0.25, 0.3) is 0 Å². The number of allylic oxidation sites excluding steroid dienone is 1. The van der Waals surface area contributed by atoms with Crippen molar-refractivity contribution in [2.24, 2.45) is 11.1 Å². The van der Waals surface area contributed by atoms with Gasteiger partial charge in [-0.3, -0.25) is 9.59 Å². The lowest BCUT2D eigenvalue weighted by molar-refractivity contribution is -0.145. The Balaban J connectivity index is 1.27. The molecular formula is C37H44N4O7. The van der Waals surface area contributed by atoms with Crippen LogP contribution in [0, 0.1) is 5.92 Å². The topological polar surface area (TPSA) is 147 Å². The first-order valence-corrected chi connectivity index (χ1v) is 17.2. The third-order valence-electron chi connectivity index (χ3n) is 9.88. The van der Waals surface area contributed by atoms with Gasteiger partial charge in [-0.15, -0.1) is 0 Å². The zero-order valence-electron chi connectivity index (χ0n) is 27.1. The van der Waals surface area contributed by atoms with Gasteiger partial charge >= 0.3 is 12.1 Å². The van der Waals surface area contributed by atoms with Gasteiger partial charge in [0.25, 0.3) is 0 Å². The fourth-order valence-corrected chi connectivity index (χ4v) is 7.06. The Kier molecular flexibility index (Phi) is 10.4. The number of nitrogens with one attached hydrogen (secondary N) is 2. The van der Waals surface area contributed by atoms with E-state index >= 15 is 0 Å². The quantitative estimate of drug-likeness (QED) is 0.217. The number of aliphatic carboxylic acids is 1. The zero-order valence-corrected chi connectivity index (χ0v) is 27.1. The smallest absolute Gasteiger partial charge is 0.408 e. The highest BCUT2D eigenvalue weighted by Crippen LogP contribution is 2.45. The van der Waals surface area contributed by atoms with Crippen molar-refractivity contribution < 1.29 is 33.9 Å². The lowest BCUT2D eigenvalue weighted by atomic mass is 10.0. The minimum atomic E-state index is -1.42. The van der Waals surface area contributed by atoms with E-state index in [2.05, 4.69) is 15.8 Å². The third kappa shape index (κ3) is 7.72. The molecule has 2 aromatic carbocycles. The van der Waals surface area contributed by atoms with Crippen LogP contribution < -0.4 is 10.6 Å². The maximum Gasteiger partial charge on any atom is 0.408 e. The minimum Gasteiger partial charge on any atom is -0.479 e. The number of carbonyl (C=O) groups is 4. The van der Waals surface area contributed by atoms with Gasteiger partial charge in [-0.25, -0.2) is 9.59 Å². The number of ether oxygens (including phenoxy) is 1. The van der Waals surface area contributed by atoms with E-state index in [0.717, 1.165) is 56.1 Å². The normalized spacial score (nSPS) is 28.5. The number of alkyl carbamates (subject to hydrolysis) is 1. The first kappa shape index (κ1) is 33.2. The summed E-state index contributed by atoms with van der Waals surface area (Å²) in [6.45, 7) is 0.0382. The summed E-state index contributed by atoms with van der Waals surface area (Å²) in [5.41, 5.74) is 0.858. The molecule has 3 fully saturated rings. The second-order valence-corrected chi connectivity index (χ2v) is 13.3. The molecule has 2 heterocycles. The molecule has 1 saturated heterocycles. The second kappa shape index (κ2) is 15.0. The molecule has 0 spiro atoms. The monoisotopic (exact) mass is 656 g/mol. The van der Waals surface area contributed by atoms with E-state index in [1.54, 1.807) is 0 Å². The predicted molar refractivity (Wildman–Crippen MR) is 178 cm³/mol. The van der Waals surface area contributed by atoms with Crippen molar-refractivity contribution in [3.63, 3.8) is 0 Å². The van der Waals surface area contributed by atoms with Crippen LogP contribution in [0.2, 0.25) is 0 Å². The molecule has 5 atom stereocenters. The van der Waals surface area contributed by atoms with E-state index in [0.29, 0.717) is 18.6 Å². The highest BCUT2D eigenvalue weighted by atomic mass is 16.6. The Morgan fingerprint density at radius 3 is 2.23 bits per heavy atom. The van der Waals surface area contributed by atoms with Crippen LogP contribution in [0.3, 0.4) is 0 Å². The number of oxime groups is 1. The Morgan fingerprint density at radius 2 is 1.56 bits per heavy atom. The van der Waals surface area contributed by atoms with Gasteiger partial charge in [0.15, 0.2) is 0 Å². The van der Waals surface area contributed by atoms with Gasteiger partial charge in [-0.2, -0.15) is 0 Å². The number of hydrogen-bond donors (Lipinski definition) is 3. The number of amides is 3. The van der Waals surface area contributed by atoms with Crippen LogP contribution in [-0.2, 0) is 24.0 Å². The van der Waals surface area contributed by atoms with Crippen molar-refractivity contribution in [3.05, 3.63) is 83.9 Å². The summed E-state index contributed by atoms with van der Waals surface area (Å²) in [7, 11) is 0. The summed E-state index contributed by atoms with van der Waals surface area (Å²) in [4.78, 5) is 61.1. The fourth-order valence-electron chi connectivity index (χ4n) is 7.06. The molecule has 0 bridgehead atoms. The highest BCUT2D eigenvalue weighted by molar-refractivity contribution is 6.12. The minimum absolute atomic E-state index is 0.0382. The second-order valence-electron chi connectivity index (χ2n) is 13.3. The molecular weight excluding hydrogens is 612 g/mol. The summed E-state index contributed by atoms with van der Waals surface area (Å²) >= 11 is 0. The van der Waals surface area contributed by atoms with E-state index in [9.17, 15) is 24.3 Å². The van der Waals surface area contributed by atoms with Gasteiger partial charge in [0.2, 0.25) is 11.8 Å². The average molecular weight is 657 g/mol. The molecule has 0 aromatic heterocycles. The SMILES string of the molecule is O=C(N[C@H]1CCCCC/C=C\[C@@H]2C[C@]2(C(=O)O)NC(=O)[C@@H]2C[C@@H](ON=C(c3ccccc3)c3ccccc3)CN2C1=O)OC1CCCC1. The maximum absolute atomic E-state index is 14.3. The first-order valence-electron chi connectivity index (χ1n) is 17.2. The Bertz CT molecular complexity index is 1480. The molecule has 2 aliphatic carbocycles. The summed E-state index contributed by atoms with van der Waals surface area (Å²) in [5.74, 6) is -2.42. The van der Waals surface area contributed by atoms with E-state index in [-0.39, 0.29) is 31.4 Å². The van der Waals surface area contributed by atoms with Crippen molar-refractivity contribution in [1.29, 1.82) is 0 Å². The first-order chi connectivity index (χ1) is 23.3. The number of hydrogen-bond acceptors (Lipinski definition) is 7. The molecule has 3 amide bonds. The number of benzene rings is 2. The van der Waals surface area contributed by atoms with Gasteiger partial charge in [0.05, 0.1) is 6.54 Å².